The van der Waals surface area contributed by atoms with Gasteiger partial charge < -0.3 is 10.6 Å². The van der Waals surface area contributed by atoms with Gasteiger partial charge in [-0.25, -0.2) is 0 Å². The molecular formula is C14H11F3N2O2S. The molecule has 0 spiro atoms. The molecule has 0 saturated carbocycles. The molecule has 0 atom stereocenters. The molecule has 1 aromatic carbocycles. The number of amides is 2. The standard InChI is InChI=1S/C14H11F3N2O2S/c15-14(16,17)9-3-5-10(6-4-9)19-12(20)8-18-13(21)11-2-1-7-22-11/h1-7H,8H2,(H,18,21)(H,19,20). The Balaban J connectivity index is 1.86. The highest BCUT2D eigenvalue weighted by Crippen LogP contribution is 2.29. The molecule has 0 aliphatic carbocycles. The molecule has 0 radical (unpaired) electrons. The van der Waals surface area contributed by atoms with Crippen LogP contribution in [0.5, 0.6) is 0 Å². The summed E-state index contributed by atoms with van der Waals surface area (Å²) in [7, 11) is 0. The number of hydrogen-bond donors (Lipinski definition) is 2. The second-order valence-corrected chi connectivity index (χ2v) is 5.23. The minimum atomic E-state index is -4.42. The largest absolute Gasteiger partial charge is 0.416 e. The van der Waals surface area contributed by atoms with E-state index in [1.54, 1.807) is 17.5 Å². The van der Waals surface area contributed by atoms with Crippen molar-refractivity contribution in [2.45, 2.75) is 6.18 Å². The van der Waals surface area contributed by atoms with Gasteiger partial charge in [0.1, 0.15) is 0 Å². The predicted octanol–water partition coefficient (Wildman–Crippen LogP) is 3.14. The Kier molecular flexibility index (Phi) is 4.81. The van der Waals surface area contributed by atoms with Crippen LogP contribution in [0.15, 0.2) is 41.8 Å². The van der Waals surface area contributed by atoms with Crippen LogP contribution in [0.2, 0.25) is 0 Å². The normalized spacial score (nSPS) is 11.0. The Morgan fingerprint density at radius 1 is 1.09 bits per heavy atom. The van der Waals surface area contributed by atoms with Crippen molar-refractivity contribution in [3.8, 4) is 0 Å². The first-order valence-electron chi connectivity index (χ1n) is 6.15. The van der Waals surface area contributed by atoms with E-state index in [1.807, 2.05) is 0 Å². The summed E-state index contributed by atoms with van der Waals surface area (Å²) in [6, 6.07) is 7.39. The fourth-order valence-corrected chi connectivity index (χ4v) is 2.24. The van der Waals surface area contributed by atoms with Crippen molar-refractivity contribution < 1.29 is 22.8 Å². The van der Waals surface area contributed by atoms with Crippen LogP contribution in [0.1, 0.15) is 15.2 Å². The topological polar surface area (TPSA) is 58.2 Å². The molecule has 1 aromatic heterocycles. The van der Waals surface area contributed by atoms with Gasteiger partial charge in [0.25, 0.3) is 5.91 Å². The van der Waals surface area contributed by atoms with Crippen molar-refractivity contribution in [2.75, 3.05) is 11.9 Å². The highest BCUT2D eigenvalue weighted by atomic mass is 32.1. The van der Waals surface area contributed by atoms with Gasteiger partial charge in [-0.2, -0.15) is 13.2 Å². The monoisotopic (exact) mass is 328 g/mol. The Hall–Kier alpha value is -2.35. The van der Waals surface area contributed by atoms with Crippen molar-refractivity contribution in [1.82, 2.24) is 5.32 Å². The maximum Gasteiger partial charge on any atom is 0.416 e. The number of hydrogen-bond acceptors (Lipinski definition) is 3. The summed E-state index contributed by atoms with van der Waals surface area (Å²) >= 11 is 1.24. The van der Waals surface area contributed by atoms with Crippen LogP contribution in [-0.2, 0) is 11.0 Å². The number of halogens is 3. The molecule has 2 N–H and O–H groups in total. The first-order valence-corrected chi connectivity index (χ1v) is 7.03. The van der Waals surface area contributed by atoms with Crippen LogP contribution < -0.4 is 10.6 Å². The van der Waals surface area contributed by atoms with Crippen LogP contribution in [0.25, 0.3) is 0 Å². The first-order chi connectivity index (χ1) is 10.4. The van der Waals surface area contributed by atoms with E-state index in [4.69, 9.17) is 0 Å². The van der Waals surface area contributed by atoms with Gasteiger partial charge in [-0.05, 0) is 35.7 Å². The highest BCUT2D eigenvalue weighted by molar-refractivity contribution is 7.12. The van der Waals surface area contributed by atoms with E-state index in [1.165, 1.54) is 11.3 Å². The third-order valence-electron chi connectivity index (χ3n) is 2.65. The summed E-state index contributed by atoms with van der Waals surface area (Å²) in [5, 5.41) is 6.56. The molecular weight excluding hydrogens is 317 g/mol. The number of thiophene rings is 1. The predicted molar refractivity (Wildman–Crippen MR) is 76.7 cm³/mol. The van der Waals surface area contributed by atoms with E-state index < -0.39 is 17.6 Å². The van der Waals surface area contributed by atoms with E-state index in [-0.39, 0.29) is 18.1 Å². The number of rotatable bonds is 4. The summed E-state index contributed by atoms with van der Waals surface area (Å²) in [4.78, 5) is 23.7. The minimum absolute atomic E-state index is 0.225. The summed E-state index contributed by atoms with van der Waals surface area (Å²) in [5.74, 6) is -0.901. The van der Waals surface area contributed by atoms with Crippen molar-refractivity contribution in [3.63, 3.8) is 0 Å². The number of benzene rings is 1. The number of alkyl halides is 3. The molecule has 0 aliphatic heterocycles. The Morgan fingerprint density at radius 2 is 1.77 bits per heavy atom. The molecule has 22 heavy (non-hydrogen) atoms. The lowest BCUT2D eigenvalue weighted by molar-refractivity contribution is -0.137. The average molecular weight is 328 g/mol. The number of carbonyl (C=O) groups excluding carboxylic acids is 2. The van der Waals surface area contributed by atoms with E-state index in [0.717, 1.165) is 24.3 Å². The molecule has 1 heterocycles. The maximum absolute atomic E-state index is 12.4. The fraction of sp³-hybridized carbons (Fsp3) is 0.143. The lowest BCUT2D eigenvalue weighted by Crippen LogP contribution is -2.32. The third kappa shape index (κ3) is 4.32. The molecule has 116 valence electrons. The minimum Gasteiger partial charge on any atom is -0.342 e. The third-order valence-corrected chi connectivity index (χ3v) is 3.52. The molecule has 0 saturated heterocycles. The van der Waals surface area contributed by atoms with Gasteiger partial charge in [0.2, 0.25) is 5.91 Å². The quantitative estimate of drug-likeness (QED) is 0.906. The van der Waals surface area contributed by atoms with Gasteiger partial charge in [0, 0.05) is 5.69 Å². The molecule has 2 aromatic rings. The lowest BCUT2D eigenvalue weighted by atomic mass is 10.2. The molecule has 0 fully saturated rings. The van der Waals surface area contributed by atoms with E-state index in [2.05, 4.69) is 10.6 Å². The molecule has 0 unspecified atom stereocenters. The van der Waals surface area contributed by atoms with Gasteiger partial charge in [0.05, 0.1) is 17.0 Å². The molecule has 8 heteroatoms. The molecule has 0 bridgehead atoms. The Labute approximate surface area is 128 Å². The fourth-order valence-electron chi connectivity index (χ4n) is 1.60. The number of nitrogens with one attached hydrogen (secondary N) is 2. The van der Waals surface area contributed by atoms with Crippen LogP contribution in [-0.4, -0.2) is 18.4 Å². The van der Waals surface area contributed by atoms with Crippen molar-refractivity contribution in [2.24, 2.45) is 0 Å². The molecule has 4 nitrogen and oxygen atoms in total. The Morgan fingerprint density at radius 3 is 2.32 bits per heavy atom. The maximum atomic E-state index is 12.4. The van der Waals surface area contributed by atoms with Crippen LogP contribution >= 0.6 is 11.3 Å². The second-order valence-electron chi connectivity index (χ2n) is 4.28. The number of carbonyl (C=O) groups is 2. The summed E-state index contributed by atoms with van der Waals surface area (Å²) in [6.45, 7) is -0.266. The van der Waals surface area contributed by atoms with Gasteiger partial charge in [0.15, 0.2) is 0 Å². The zero-order valence-electron chi connectivity index (χ0n) is 11.1. The summed E-state index contributed by atoms with van der Waals surface area (Å²) < 4.78 is 37.2. The summed E-state index contributed by atoms with van der Waals surface area (Å²) in [6.07, 6.45) is -4.42. The van der Waals surface area contributed by atoms with Gasteiger partial charge in [-0.3, -0.25) is 9.59 Å². The zero-order valence-corrected chi connectivity index (χ0v) is 11.9. The average Bonchev–Trinajstić information content (AvgIpc) is 2.98. The number of anilines is 1. The first kappa shape index (κ1) is 16.0. The molecule has 0 aliphatic rings. The lowest BCUT2D eigenvalue weighted by Gasteiger charge is -2.09. The second kappa shape index (κ2) is 6.61. The van der Waals surface area contributed by atoms with Gasteiger partial charge in [-0.1, -0.05) is 6.07 Å². The molecule has 2 rings (SSSR count). The van der Waals surface area contributed by atoms with Crippen LogP contribution in [0.4, 0.5) is 18.9 Å². The van der Waals surface area contributed by atoms with Crippen molar-refractivity contribution >= 4 is 28.8 Å². The van der Waals surface area contributed by atoms with Crippen molar-refractivity contribution in [3.05, 3.63) is 52.2 Å². The highest BCUT2D eigenvalue weighted by Gasteiger charge is 2.29. The van der Waals surface area contributed by atoms with E-state index >= 15 is 0 Å². The van der Waals surface area contributed by atoms with Gasteiger partial charge in [-0.15, -0.1) is 11.3 Å². The van der Waals surface area contributed by atoms with Gasteiger partial charge >= 0.3 is 6.18 Å². The van der Waals surface area contributed by atoms with Crippen LogP contribution in [0.3, 0.4) is 0 Å². The van der Waals surface area contributed by atoms with E-state index in [9.17, 15) is 22.8 Å². The summed E-state index contributed by atoms with van der Waals surface area (Å²) in [5.41, 5.74) is -0.570. The van der Waals surface area contributed by atoms with E-state index in [0.29, 0.717) is 4.88 Å². The Bertz CT molecular complexity index is 652. The zero-order chi connectivity index (χ0) is 16.2. The van der Waals surface area contributed by atoms with Crippen LogP contribution in [0, 0.1) is 0 Å². The smallest absolute Gasteiger partial charge is 0.342 e. The molecule has 2 amide bonds. The van der Waals surface area contributed by atoms with Crippen molar-refractivity contribution in [1.29, 1.82) is 0 Å². The SMILES string of the molecule is O=C(CNC(=O)c1cccs1)Nc1ccc(C(F)(F)F)cc1.